The standard InChI is InChI=1S/C21H22N2O3/c1-13-7-6-10-19(14(13)2)23-12-16(11-20(23)25)21(26)22-18-9-5-4-8-17(18)15(3)24/h4-10,16H,11-12H2,1-3H3,(H,22,26). The first-order chi connectivity index (χ1) is 12.4. The Morgan fingerprint density at radius 2 is 1.81 bits per heavy atom. The average molecular weight is 350 g/mol. The number of aryl methyl sites for hydroxylation is 1. The van der Waals surface area contributed by atoms with Crippen LogP contribution in [-0.4, -0.2) is 24.1 Å². The molecule has 5 heteroatoms. The summed E-state index contributed by atoms with van der Waals surface area (Å²) in [4.78, 5) is 38.5. The van der Waals surface area contributed by atoms with Crippen LogP contribution in [0, 0.1) is 19.8 Å². The zero-order valence-corrected chi connectivity index (χ0v) is 15.2. The highest BCUT2D eigenvalue weighted by atomic mass is 16.2. The van der Waals surface area contributed by atoms with E-state index in [4.69, 9.17) is 0 Å². The molecule has 1 N–H and O–H groups in total. The van der Waals surface area contributed by atoms with Gasteiger partial charge in [-0.2, -0.15) is 0 Å². The van der Waals surface area contributed by atoms with Gasteiger partial charge in [-0.25, -0.2) is 0 Å². The quantitative estimate of drug-likeness (QED) is 0.858. The Balaban J connectivity index is 1.78. The number of nitrogens with zero attached hydrogens (tertiary/aromatic N) is 1. The molecule has 1 aliphatic heterocycles. The second-order valence-corrected chi connectivity index (χ2v) is 6.72. The first kappa shape index (κ1) is 17.9. The van der Waals surface area contributed by atoms with Gasteiger partial charge in [0.05, 0.1) is 11.6 Å². The van der Waals surface area contributed by atoms with Gasteiger partial charge in [-0.05, 0) is 50.1 Å². The number of benzene rings is 2. The maximum Gasteiger partial charge on any atom is 0.229 e. The minimum absolute atomic E-state index is 0.0568. The number of hydrogen-bond acceptors (Lipinski definition) is 3. The van der Waals surface area contributed by atoms with Crippen LogP contribution >= 0.6 is 0 Å². The van der Waals surface area contributed by atoms with Crippen molar-refractivity contribution < 1.29 is 14.4 Å². The maximum absolute atomic E-state index is 12.7. The molecule has 1 fully saturated rings. The van der Waals surface area contributed by atoms with Gasteiger partial charge in [-0.15, -0.1) is 0 Å². The minimum atomic E-state index is -0.442. The molecule has 0 spiro atoms. The lowest BCUT2D eigenvalue weighted by atomic mass is 10.1. The largest absolute Gasteiger partial charge is 0.325 e. The van der Waals surface area contributed by atoms with Crippen molar-refractivity contribution in [2.24, 2.45) is 5.92 Å². The summed E-state index contributed by atoms with van der Waals surface area (Å²) in [7, 11) is 0. The Labute approximate surface area is 153 Å². The van der Waals surface area contributed by atoms with E-state index in [9.17, 15) is 14.4 Å². The highest BCUT2D eigenvalue weighted by Crippen LogP contribution is 2.30. The van der Waals surface area contributed by atoms with Crippen molar-refractivity contribution in [1.29, 1.82) is 0 Å². The van der Waals surface area contributed by atoms with Crippen LogP contribution in [0.4, 0.5) is 11.4 Å². The van der Waals surface area contributed by atoms with E-state index in [-0.39, 0.29) is 24.0 Å². The summed E-state index contributed by atoms with van der Waals surface area (Å²) in [5.74, 6) is -0.846. The molecule has 1 saturated heterocycles. The van der Waals surface area contributed by atoms with Crippen molar-refractivity contribution in [2.75, 3.05) is 16.8 Å². The normalized spacial score (nSPS) is 16.7. The van der Waals surface area contributed by atoms with Gasteiger partial charge in [0.15, 0.2) is 5.78 Å². The summed E-state index contributed by atoms with van der Waals surface area (Å²) in [5.41, 5.74) is 3.97. The lowest BCUT2D eigenvalue weighted by Crippen LogP contribution is -2.29. The van der Waals surface area contributed by atoms with E-state index in [2.05, 4.69) is 5.32 Å². The molecule has 1 unspecified atom stereocenters. The summed E-state index contributed by atoms with van der Waals surface area (Å²) in [5, 5.41) is 2.81. The summed E-state index contributed by atoms with van der Waals surface area (Å²) in [6.07, 6.45) is 0.168. The zero-order valence-electron chi connectivity index (χ0n) is 15.2. The summed E-state index contributed by atoms with van der Waals surface area (Å²) in [6.45, 7) is 5.79. The third-order valence-corrected chi connectivity index (χ3v) is 4.93. The Kier molecular flexibility index (Phi) is 4.89. The molecule has 0 saturated carbocycles. The molecule has 1 aliphatic rings. The molecule has 2 aromatic carbocycles. The summed E-state index contributed by atoms with van der Waals surface area (Å²) < 4.78 is 0. The fraction of sp³-hybridized carbons (Fsp3) is 0.286. The molecule has 3 rings (SSSR count). The van der Waals surface area contributed by atoms with E-state index < -0.39 is 5.92 Å². The molecule has 1 heterocycles. The maximum atomic E-state index is 12.7. The van der Waals surface area contributed by atoms with E-state index >= 15 is 0 Å². The van der Waals surface area contributed by atoms with Crippen LogP contribution in [-0.2, 0) is 9.59 Å². The van der Waals surface area contributed by atoms with Gasteiger partial charge < -0.3 is 10.2 Å². The van der Waals surface area contributed by atoms with Crippen LogP contribution in [0.1, 0.15) is 34.8 Å². The smallest absolute Gasteiger partial charge is 0.229 e. The second kappa shape index (κ2) is 7.12. The highest BCUT2D eigenvalue weighted by Gasteiger charge is 2.36. The number of hydrogen-bond donors (Lipinski definition) is 1. The number of anilines is 2. The van der Waals surface area contributed by atoms with Crippen molar-refractivity contribution >= 4 is 29.0 Å². The van der Waals surface area contributed by atoms with Gasteiger partial charge in [0.25, 0.3) is 0 Å². The molecule has 2 amide bonds. The predicted molar refractivity (Wildman–Crippen MR) is 101 cm³/mol. The SMILES string of the molecule is CC(=O)c1ccccc1NC(=O)C1CC(=O)N(c2cccc(C)c2C)C1. The van der Waals surface area contributed by atoms with E-state index in [1.807, 2.05) is 32.0 Å². The van der Waals surface area contributed by atoms with Gasteiger partial charge in [-0.3, -0.25) is 14.4 Å². The summed E-state index contributed by atoms with van der Waals surface area (Å²) in [6, 6.07) is 12.7. The Hall–Kier alpha value is -2.95. The van der Waals surface area contributed by atoms with Crippen molar-refractivity contribution in [2.45, 2.75) is 27.2 Å². The van der Waals surface area contributed by atoms with Crippen LogP contribution in [0.25, 0.3) is 0 Å². The van der Waals surface area contributed by atoms with Crippen LogP contribution in [0.2, 0.25) is 0 Å². The van der Waals surface area contributed by atoms with E-state index in [1.54, 1.807) is 29.2 Å². The van der Waals surface area contributed by atoms with Crippen molar-refractivity contribution in [3.05, 3.63) is 59.2 Å². The predicted octanol–water partition coefficient (Wildman–Crippen LogP) is 3.50. The molecule has 0 aliphatic carbocycles. The number of amides is 2. The number of para-hydroxylation sites is 1. The Morgan fingerprint density at radius 1 is 1.08 bits per heavy atom. The fourth-order valence-electron chi connectivity index (χ4n) is 3.28. The lowest BCUT2D eigenvalue weighted by Gasteiger charge is -2.20. The van der Waals surface area contributed by atoms with Gasteiger partial charge in [0.2, 0.25) is 11.8 Å². The molecule has 1 atom stereocenters. The molecule has 26 heavy (non-hydrogen) atoms. The number of nitrogens with one attached hydrogen (secondary N) is 1. The molecule has 0 bridgehead atoms. The third kappa shape index (κ3) is 3.38. The van der Waals surface area contributed by atoms with Gasteiger partial charge >= 0.3 is 0 Å². The monoisotopic (exact) mass is 350 g/mol. The molecule has 0 aromatic heterocycles. The topological polar surface area (TPSA) is 66.5 Å². The molecule has 0 radical (unpaired) electrons. The first-order valence-electron chi connectivity index (χ1n) is 8.66. The molecule has 2 aromatic rings. The molecule has 5 nitrogen and oxygen atoms in total. The van der Waals surface area contributed by atoms with Gasteiger partial charge in [0.1, 0.15) is 0 Å². The average Bonchev–Trinajstić information content (AvgIpc) is 2.99. The molecular formula is C21H22N2O3. The van der Waals surface area contributed by atoms with Crippen LogP contribution < -0.4 is 10.2 Å². The first-order valence-corrected chi connectivity index (χ1v) is 8.66. The fourth-order valence-corrected chi connectivity index (χ4v) is 3.28. The highest BCUT2D eigenvalue weighted by molar-refractivity contribution is 6.07. The number of rotatable bonds is 4. The van der Waals surface area contributed by atoms with Gasteiger partial charge in [-0.1, -0.05) is 24.3 Å². The van der Waals surface area contributed by atoms with E-state index in [0.29, 0.717) is 17.8 Å². The lowest BCUT2D eigenvalue weighted by molar-refractivity contribution is -0.122. The van der Waals surface area contributed by atoms with Crippen molar-refractivity contribution in [1.82, 2.24) is 0 Å². The molecular weight excluding hydrogens is 328 g/mol. The number of ketones is 1. The zero-order chi connectivity index (χ0) is 18.8. The Bertz CT molecular complexity index is 889. The second-order valence-electron chi connectivity index (χ2n) is 6.72. The van der Waals surface area contributed by atoms with Crippen molar-refractivity contribution in [3.63, 3.8) is 0 Å². The van der Waals surface area contributed by atoms with E-state index in [1.165, 1.54) is 6.92 Å². The van der Waals surface area contributed by atoms with Crippen LogP contribution in [0.3, 0.4) is 0 Å². The van der Waals surface area contributed by atoms with E-state index in [0.717, 1.165) is 16.8 Å². The number of carbonyl (C=O) groups excluding carboxylic acids is 3. The van der Waals surface area contributed by atoms with Crippen LogP contribution in [0.15, 0.2) is 42.5 Å². The Morgan fingerprint density at radius 3 is 2.54 bits per heavy atom. The molecule has 134 valence electrons. The van der Waals surface area contributed by atoms with Gasteiger partial charge in [0, 0.05) is 24.2 Å². The number of carbonyl (C=O) groups is 3. The summed E-state index contributed by atoms with van der Waals surface area (Å²) >= 11 is 0. The van der Waals surface area contributed by atoms with Crippen molar-refractivity contribution in [3.8, 4) is 0 Å². The minimum Gasteiger partial charge on any atom is -0.325 e. The van der Waals surface area contributed by atoms with Crippen LogP contribution in [0.5, 0.6) is 0 Å². The number of Topliss-reactive ketones (excluding diaryl/α,β-unsaturated/α-hetero) is 1. The third-order valence-electron chi connectivity index (χ3n) is 4.93.